The highest BCUT2D eigenvalue weighted by atomic mass is 16.5. The van der Waals surface area contributed by atoms with Crippen LogP contribution in [0.3, 0.4) is 0 Å². The van der Waals surface area contributed by atoms with Crippen LogP contribution in [-0.4, -0.2) is 26.2 Å². The number of amides is 1. The van der Waals surface area contributed by atoms with Crippen molar-refractivity contribution < 1.29 is 9.53 Å². The molecule has 0 aliphatic carbocycles. The standard InChI is InChI=1S/C9H14N3O2/c1-14-6-5-12-9(13)7-3-2-4-11-8(7)10/h2-4,11H,5-6,10H2,1H3,(H,12,13). The van der Waals surface area contributed by atoms with Crippen LogP contribution in [-0.2, 0) is 9.53 Å². The van der Waals surface area contributed by atoms with E-state index in [-0.39, 0.29) is 5.91 Å². The fourth-order valence-electron chi connectivity index (χ4n) is 1.01. The van der Waals surface area contributed by atoms with Gasteiger partial charge in [0.05, 0.1) is 12.2 Å². The molecule has 0 aromatic heterocycles. The van der Waals surface area contributed by atoms with Crippen LogP contribution in [0.15, 0.2) is 23.9 Å². The minimum atomic E-state index is -0.198. The number of nitrogens with one attached hydrogen (secondary N) is 2. The maximum Gasteiger partial charge on any atom is 0.251 e. The Bertz CT molecular complexity index is 261. The summed E-state index contributed by atoms with van der Waals surface area (Å²) in [4.78, 5) is 11.5. The summed E-state index contributed by atoms with van der Waals surface area (Å²) in [5, 5.41) is 5.43. The van der Waals surface area contributed by atoms with Gasteiger partial charge in [0, 0.05) is 13.7 Å². The molecule has 1 amide bonds. The lowest BCUT2D eigenvalue weighted by molar-refractivity contribution is -0.117. The Kier molecular flexibility index (Phi) is 4.15. The number of hydrogen-bond donors (Lipinski definition) is 3. The van der Waals surface area contributed by atoms with Crippen LogP contribution in [0.4, 0.5) is 0 Å². The maximum atomic E-state index is 11.5. The first-order valence-corrected chi connectivity index (χ1v) is 4.29. The zero-order valence-electron chi connectivity index (χ0n) is 8.04. The molecule has 1 heterocycles. The van der Waals surface area contributed by atoms with E-state index in [0.29, 0.717) is 24.9 Å². The second-order valence-electron chi connectivity index (χ2n) is 2.75. The van der Waals surface area contributed by atoms with Crippen LogP contribution in [0.1, 0.15) is 0 Å². The van der Waals surface area contributed by atoms with Gasteiger partial charge in [-0.3, -0.25) is 4.79 Å². The first-order valence-electron chi connectivity index (χ1n) is 4.29. The third-order valence-corrected chi connectivity index (χ3v) is 1.72. The molecule has 5 heteroatoms. The van der Waals surface area contributed by atoms with Gasteiger partial charge in [-0.05, 0) is 18.4 Å². The molecule has 77 valence electrons. The minimum absolute atomic E-state index is 0.198. The molecule has 0 aromatic carbocycles. The minimum Gasteiger partial charge on any atom is -0.383 e. The fourth-order valence-corrected chi connectivity index (χ4v) is 1.01. The summed E-state index contributed by atoms with van der Waals surface area (Å²) in [6, 6.07) is 0. The second-order valence-corrected chi connectivity index (χ2v) is 2.75. The lowest BCUT2D eigenvalue weighted by Gasteiger charge is -2.16. The topological polar surface area (TPSA) is 76.4 Å². The summed E-state index contributed by atoms with van der Waals surface area (Å²) in [6.45, 7) is 0.964. The zero-order chi connectivity index (χ0) is 10.4. The van der Waals surface area contributed by atoms with E-state index < -0.39 is 0 Å². The highest BCUT2D eigenvalue weighted by Gasteiger charge is 2.18. The van der Waals surface area contributed by atoms with E-state index >= 15 is 0 Å². The highest BCUT2D eigenvalue weighted by molar-refractivity contribution is 5.97. The molecule has 1 radical (unpaired) electrons. The van der Waals surface area contributed by atoms with Crippen LogP contribution < -0.4 is 16.4 Å². The average Bonchev–Trinajstić information content (AvgIpc) is 2.18. The van der Waals surface area contributed by atoms with E-state index in [4.69, 9.17) is 10.5 Å². The van der Waals surface area contributed by atoms with E-state index in [1.165, 1.54) is 0 Å². The van der Waals surface area contributed by atoms with Crippen molar-refractivity contribution in [3.63, 3.8) is 0 Å². The molecule has 0 saturated carbocycles. The molecule has 0 fully saturated rings. The molecule has 0 spiro atoms. The normalized spacial score (nSPS) is 16.0. The number of carbonyl (C=O) groups is 1. The van der Waals surface area contributed by atoms with Crippen LogP contribution in [0.25, 0.3) is 0 Å². The number of carbonyl (C=O) groups excluding carboxylic acids is 1. The Balaban J connectivity index is 2.43. The van der Waals surface area contributed by atoms with Crippen molar-refractivity contribution in [1.29, 1.82) is 0 Å². The number of nitrogens with two attached hydrogens (primary N) is 1. The van der Waals surface area contributed by atoms with Crippen LogP contribution in [0.5, 0.6) is 0 Å². The molecule has 14 heavy (non-hydrogen) atoms. The van der Waals surface area contributed by atoms with E-state index in [1.54, 1.807) is 25.5 Å². The predicted molar refractivity (Wildman–Crippen MR) is 52.7 cm³/mol. The molecular formula is C9H14N3O2. The SMILES string of the molecule is COCCNC(=O)C1=CC=CN[C]1N. The molecule has 0 unspecified atom stereocenters. The monoisotopic (exact) mass is 196 g/mol. The van der Waals surface area contributed by atoms with Crippen molar-refractivity contribution in [1.82, 2.24) is 10.6 Å². The molecule has 4 N–H and O–H groups in total. The van der Waals surface area contributed by atoms with E-state index in [2.05, 4.69) is 10.6 Å². The molecule has 1 aliphatic rings. The molecule has 0 aromatic rings. The van der Waals surface area contributed by atoms with Crippen molar-refractivity contribution in [2.24, 2.45) is 5.73 Å². The average molecular weight is 196 g/mol. The molecule has 0 bridgehead atoms. The van der Waals surface area contributed by atoms with Crippen LogP contribution in [0, 0.1) is 6.17 Å². The molecular weight excluding hydrogens is 182 g/mol. The smallest absolute Gasteiger partial charge is 0.251 e. The molecule has 0 saturated heterocycles. The first kappa shape index (κ1) is 10.7. The maximum absolute atomic E-state index is 11.5. The van der Waals surface area contributed by atoms with Gasteiger partial charge in [-0.25, -0.2) is 0 Å². The van der Waals surface area contributed by atoms with Gasteiger partial charge < -0.3 is 21.1 Å². The van der Waals surface area contributed by atoms with Gasteiger partial charge in [-0.15, -0.1) is 0 Å². The Morgan fingerprint density at radius 2 is 2.50 bits per heavy atom. The van der Waals surface area contributed by atoms with Gasteiger partial charge in [-0.2, -0.15) is 0 Å². The van der Waals surface area contributed by atoms with Gasteiger partial charge in [0.2, 0.25) is 0 Å². The summed E-state index contributed by atoms with van der Waals surface area (Å²) < 4.78 is 4.80. The third-order valence-electron chi connectivity index (χ3n) is 1.72. The lowest BCUT2D eigenvalue weighted by Crippen LogP contribution is -2.37. The largest absolute Gasteiger partial charge is 0.383 e. The Labute approximate surface area is 83.0 Å². The summed E-state index contributed by atoms with van der Waals surface area (Å²) in [7, 11) is 1.58. The first-order chi connectivity index (χ1) is 6.75. The van der Waals surface area contributed by atoms with Gasteiger partial charge in [0.25, 0.3) is 5.91 Å². The van der Waals surface area contributed by atoms with Crippen molar-refractivity contribution in [2.45, 2.75) is 0 Å². The predicted octanol–water partition coefficient (Wildman–Crippen LogP) is -0.760. The van der Waals surface area contributed by atoms with E-state index in [1.807, 2.05) is 0 Å². The number of allylic oxidation sites excluding steroid dienone is 2. The number of hydrogen-bond acceptors (Lipinski definition) is 4. The fraction of sp³-hybridized carbons (Fsp3) is 0.333. The van der Waals surface area contributed by atoms with Gasteiger partial charge in [-0.1, -0.05) is 0 Å². The summed E-state index contributed by atoms with van der Waals surface area (Å²) >= 11 is 0. The number of ether oxygens (including phenoxy) is 1. The van der Waals surface area contributed by atoms with Crippen molar-refractivity contribution in [3.8, 4) is 0 Å². The molecule has 0 atom stereocenters. The van der Waals surface area contributed by atoms with E-state index in [0.717, 1.165) is 0 Å². The van der Waals surface area contributed by atoms with Gasteiger partial charge in [0.1, 0.15) is 0 Å². The van der Waals surface area contributed by atoms with Crippen LogP contribution in [0.2, 0.25) is 0 Å². The van der Waals surface area contributed by atoms with Crippen molar-refractivity contribution in [2.75, 3.05) is 20.3 Å². The van der Waals surface area contributed by atoms with Gasteiger partial charge >= 0.3 is 0 Å². The Hall–Kier alpha value is -1.33. The van der Waals surface area contributed by atoms with Gasteiger partial charge in [0.15, 0.2) is 6.17 Å². The third kappa shape index (κ3) is 2.86. The second kappa shape index (κ2) is 5.41. The van der Waals surface area contributed by atoms with Crippen LogP contribution >= 0.6 is 0 Å². The number of dihydropyridines is 1. The van der Waals surface area contributed by atoms with Crippen molar-refractivity contribution in [3.05, 3.63) is 30.1 Å². The van der Waals surface area contributed by atoms with E-state index in [9.17, 15) is 4.79 Å². The van der Waals surface area contributed by atoms with Crippen molar-refractivity contribution >= 4 is 5.91 Å². The summed E-state index contributed by atoms with van der Waals surface area (Å²) in [5.41, 5.74) is 6.03. The Morgan fingerprint density at radius 1 is 1.71 bits per heavy atom. The summed E-state index contributed by atoms with van der Waals surface area (Å²) in [6.07, 6.45) is 5.42. The molecule has 5 nitrogen and oxygen atoms in total. The molecule has 1 rings (SSSR count). The summed E-state index contributed by atoms with van der Waals surface area (Å²) in [5.74, 6) is -0.198. The lowest BCUT2D eigenvalue weighted by atomic mass is 10.1. The zero-order valence-corrected chi connectivity index (χ0v) is 8.04. The quantitative estimate of drug-likeness (QED) is 0.517. The number of rotatable bonds is 4. The Morgan fingerprint density at radius 3 is 3.14 bits per heavy atom. The highest BCUT2D eigenvalue weighted by Crippen LogP contribution is 2.08. The number of methoxy groups -OCH3 is 1. The molecule has 1 aliphatic heterocycles.